The number of allylic oxidation sites excluding steroid dienone is 2. The van der Waals surface area contributed by atoms with Crippen LogP contribution in [0.4, 0.5) is 27.4 Å². The summed E-state index contributed by atoms with van der Waals surface area (Å²) in [5.74, 6) is 0.675. The number of halogens is 1. The van der Waals surface area contributed by atoms with Gasteiger partial charge in [-0.1, -0.05) is 0 Å². The fourth-order valence-corrected chi connectivity index (χ4v) is 7.10. The number of aliphatic hydroxyl groups excluding tert-OH is 1. The van der Waals surface area contributed by atoms with Crippen molar-refractivity contribution in [2.24, 2.45) is 0 Å². The van der Waals surface area contributed by atoms with Gasteiger partial charge in [0.05, 0.1) is 24.2 Å². The number of fused-ring (bicyclic) bond motifs is 3. The summed E-state index contributed by atoms with van der Waals surface area (Å²) >= 11 is 0. The monoisotopic (exact) mass is 621 g/mol. The SMILES string of the molecule is CN1CCN(c2ccc(Nc3nc(-c4cc(F)cc(N5C=C6C(=O)C7=C(CCCC7)N6CC5)c4CO)cn4ccnc34)nc2)CC1. The number of aromatic nitrogens is 4. The standard InChI is InChI=1S/C34H36FN9O2/c1-40-10-12-41(13-11-40)23-6-7-31(37-18-23)39-33-34-36-8-9-43(34)19-27(38-33)25-16-22(35)17-29(26(25)21-45)42-14-15-44-28-5-3-2-4-24(28)32(46)30(44)20-42/h6-9,16-20,45H,2-5,10-15,21H2,1H3,(H,37,38,39). The highest BCUT2D eigenvalue weighted by atomic mass is 19.1. The zero-order valence-corrected chi connectivity index (χ0v) is 25.8. The number of rotatable bonds is 6. The van der Waals surface area contributed by atoms with Crippen LogP contribution in [0.1, 0.15) is 31.2 Å². The van der Waals surface area contributed by atoms with Gasteiger partial charge in [-0.25, -0.2) is 19.3 Å². The molecule has 0 atom stereocenters. The molecule has 236 valence electrons. The maximum absolute atomic E-state index is 15.4. The number of carbonyl (C=O) groups is 1. The second kappa shape index (κ2) is 11.5. The van der Waals surface area contributed by atoms with E-state index in [-0.39, 0.29) is 12.4 Å². The third-order valence-corrected chi connectivity index (χ3v) is 9.58. The minimum absolute atomic E-state index is 0.0645. The van der Waals surface area contributed by atoms with E-state index in [2.05, 4.69) is 37.0 Å². The van der Waals surface area contributed by atoms with Crippen LogP contribution in [-0.2, 0) is 11.4 Å². The van der Waals surface area contributed by atoms with Gasteiger partial charge in [-0.3, -0.25) is 4.79 Å². The van der Waals surface area contributed by atoms with E-state index < -0.39 is 5.82 Å². The Balaban J connectivity index is 1.12. The highest BCUT2D eigenvalue weighted by Crippen LogP contribution is 2.41. The number of piperazine rings is 1. The number of likely N-dealkylation sites (N-methyl/N-ethyl adjacent to an activating group) is 1. The first kappa shape index (κ1) is 28.6. The Morgan fingerprint density at radius 1 is 1.02 bits per heavy atom. The largest absolute Gasteiger partial charge is 0.392 e. The normalized spacial score (nSPS) is 18.7. The first-order chi connectivity index (χ1) is 22.5. The molecule has 11 nitrogen and oxygen atoms in total. The molecule has 8 rings (SSSR count). The number of Topliss-reactive ketones (excluding diaryl/α,β-unsaturated/α-hetero) is 1. The number of imidazole rings is 1. The number of anilines is 4. The first-order valence-electron chi connectivity index (χ1n) is 15.9. The fourth-order valence-electron chi connectivity index (χ4n) is 7.10. The molecule has 3 aliphatic heterocycles. The van der Waals surface area contributed by atoms with Gasteiger partial charge in [-0.15, -0.1) is 0 Å². The summed E-state index contributed by atoms with van der Waals surface area (Å²) in [5, 5.41) is 14.0. The number of ketones is 1. The van der Waals surface area contributed by atoms with Gasteiger partial charge >= 0.3 is 0 Å². The second-order valence-electron chi connectivity index (χ2n) is 12.4. The maximum Gasteiger partial charge on any atom is 0.208 e. The molecule has 0 spiro atoms. The fraction of sp³-hybridized carbons (Fsp3) is 0.353. The van der Waals surface area contributed by atoms with Crippen molar-refractivity contribution >= 4 is 34.4 Å². The highest BCUT2D eigenvalue weighted by Gasteiger charge is 2.38. The van der Waals surface area contributed by atoms with Gasteiger partial charge in [-0.05, 0) is 57.0 Å². The highest BCUT2D eigenvalue weighted by molar-refractivity contribution is 6.11. The predicted molar refractivity (Wildman–Crippen MR) is 174 cm³/mol. The molecule has 4 aliphatic rings. The average Bonchev–Trinajstić information content (AvgIpc) is 3.68. The molecule has 1 fully saturated rings. The molecule has 0 radical (unpaired) electrons. The van der Waals surface area contributed by atoms with Crippen LogP contribution in [0.5, 0.6) is 0 Å². The van der Waals surface area contributed by atoms with Crippen molar-refractivity contribution in [2.45, 2.75) is 32.3 Å². The third kappa shape index (κ3) is 4.97. The summed E-state index contributed by atoms with van der Waals surface area (Å²) < 4.78 is 17.2. The van der Waals surface area contributed by atoms with E-state index in [4.69, 9.17) is 4.98 Å². The van der Waals surface area contributed by atoms with Gasteiger partial charge in [0.1, 0.15) is 17.3 Å². The minimum atomic E-state index is -0.457. The summed E-state index contributed by atoms with van der Waals surface area (Å²) in [4.78, 5) is 36.0. The lowest BCUT2D eigenvalue weighted by Crippen LogP contribution is -2.44. The molecule has 12 heteroatoms. The molecule has 0 saturated carbocycles. The average molecular weight is 622 g/mol. The lowest BCUT2D eigenvalue weighted by atomic mass is 9.96. The lowest BCUT2D eigenvalue weighted by Gasteiger charge is -2.35. The molecular weight excluding hydrogens is 585 g/mol. The number of pyridine rings is 1. The number of nitrogens with one attached hydrogen (secondary N) is 1. The molecule has 6 heterocycles. The van der Waals surface area contributed by atoms with E-state index in [0.29, 0.717) is 58.6 Å². The lowest BCUT2D eigenvalue weighted by molar-refractivity contribution is -0.112. The van der Waals surface area contributed by atoms with Crippen molar-refractivity contribution < 1.29 is 14.3 Å². The molecule has 0 bridgehead atoms. The van der Waals surface area contributed by atoms with Crippen LogP contribution >= 0.6 is 0 Å². The molecule has 46 heavy (non-hydrogen) atoms. The Labute approximate surface area is 266 Å². The molecule has 1 aliphatic carbocycles. The van der Waals surface area contributed by atoms with Crippen molar-refractivity contribution in [3.8, 4) is 11.3 Å². The van der Waals surface area contributed by atoms with E-state index in [9.17, 15) is 9.90 Å². The van der Waals surface area contributed by atoms with E-state index in [0.717, 1.165) is 68.8 Å². The van der Waals surface area contributed by atoms with Crippen molar-refractivity contribution in [1.29, 1.82) is 0 Å². The number of hydrogen-bond donors (Lipinski definition) is 2. The number of nitrogens with zero attached hydrogens (tertiary/aromatic N) is 8. The number of carbonyl (C=O) groups excluding carboxylic acids is 1. The van der Waals surface area contributed by atoms with Gasteiger partial charge in [0.25, 0.3) is 0 Å². The van der Waals surface area contributed by atoms with E-state index in [1.165, 1.54) is 12.1 Å². The van der Waals surface area contributed by atoms with Crippen molar-refractivity contribution in [3.05, 3.63) is 83.6 Å². The molecule has 1 aromatic carbocycles. The summed E-state index contributed by atoms with van der Waals surface area (Å²) in [5.41, 5.74) is 6.33. The molecule has 0 unspecified atom stereocenters. The van der Waals surface area contributed by atoms with Crippen molar-refractivity contribution in [2.75, 3.05) is 61.4 Å². The second-order valence-corrected chi connectivity index (χ2v) is 12.4. The Morgan fingerprint density at radius 3 is 2.67 bits per heavy atom. The smallest absolute Gasteiger partial charge is 0.208 e. The van der Waals surface area contributed by atoms with Gasteiger partial charge in [0.2, 0.25) is 5.78 Å². The van der Waals surface area contributed by atoms with E-state index in [1.54, 1.807) is 18.6 Å². The van der Waals surface area contributed by atoms with Crippen LogP contribution in [0.2, 0.25) is 0 Å². The van der Waals surface area contributed by atoms with E-state index in [1.807, 2.05) is 33.8 Å². The van der Waals surface area contributed by atoms with Crippen molar-refractivity contribution in [1.82, 2.24) is 29.2 Å². The van der Waals surface area contributed by atoms with Crippen molar-refractivity contribution in [3.63, 3.8) is 0 Å². The van der Waals surface area contributed by atoms with Gasteiger partial charge in [0.15, 0.2) is 11.5 Å². The van der Waals surface area contributed by atoms with Crippen LogP contribution in [-0.4, -0.2) is 86.4 Å². The molecular formula is C34H36FN9O2. The first-order valence-corrected chi connectivity index (χ1v) is 15.9. The summed E-state index contributed by atoms with van der Waals surface area (Å²) in [6.07, 6.45) is 12.8. The number of aliphatic hydroxyl groups is 1. The Hall–Kier alpha value is -4.81. The Bertz CT molecular complexity index is 1890. The Kier molecular flexibility index (Phi) is 7.18. The summed E-state index contributed by atoms with van der Waals surface area (Å²) in [7, 11) is 2.13. The van der Waals surface area contributed by atoms with E-state index >= 15 is 4.39 Å². The quantitative estimate of drug-likeness (QED) is 0.324. The third-order valence-electron chi connectivity index (χ3n) is 9.58. The molecule has 4 aromatic rings. The van der Waals surface area contributed by atoms with Crippen LogP contribution in [0.25, 0.3) is 16.9 Å². The van der Waals surface area contributed by atoms with Crippen LogP contribution in [0.15, 0.2) is 72.2 Å². The van der Waals surface area contributed by atoms with Gasteiger partial charge in [0, 0.05) is 92.1 Å². The topological polar surface area (TPSA) is 105 Å². The van der Waals surface area contributed by atoms with Gasteiger partial charge in [-0.2, -0.15) is 0 Å². The molecule has 1 saturated heterocycles. The molecule has 2 N–H and O–H groups in total. The maximum atomic E-state index is 15.4. The zero-order valence-electron chi connectivity index (χ0n) is 25.8. The summed E-state index contributed by atoms with van der Waals surface area (Å²) in [6, 6.07) is 6.79. The van der Waals surface area contributed by atoms with Crippen LogP contribution in [0, 0.1) is 5.82 Å². The number of benzene rings is 1. The molecule has 0 amide bonds. The summed E-state index contributed by atoms with van der Waals surface area (Å²) in [6.45, 7) is 4.77. The Morgan fingerprint density at radius 2 is 1.87 bits per heavy atom. The minimum Gasteiger partial charge on any atom is -0.392 e. The molecule has 3 aromatic heterocycles. The van der Waals surface area contributed by atoms with Crippen LogP contribution < -0.4 is 15.1 Å². The number of hydrogen-bond acceptors (Lipinski definition) is 10. The zero-order chi connectivity index (χ0) is 31.4. The van der Waals surface area contributed by atoms with Crippen LogP contribution in [0.3, 0.4) is 0 Å². The predicted octanol–water partition coefficient (Wildman–Crippen LogP) is 4.29. The van der Waals surface area contributed by atoms with Gasteiger partial charge < -0.3 is 34.4 Å².